The molecule has 2 heterocycles. The van der Waals surface area contributed by atoms with Crippen molar-refractivity contribution in [3.8, 4) is 0 Å². The van der Waals surface area contributed by atoms with Crippen molar-refractivity contribution < 1.29 is 19.8 Å². The van der Waals surface area contributed by atoms with Gasteiger partial charge in [-0.25, -0.2) is 0 Å². The van der Waals surface area contributed by atoms with Crippen molar-refractivity contribution >= 4 is 11.8 Å². The van der Waals surface area contributed by atoms with Gasteiger partial charge in [0, 0.05) is 37.3 Å². The van der Waals surface area contributed by atoms with E-state index in [-0.39, 0.29) is 5.91 Å². The number of hydrogen-bond donors (Lipinski definition) is 3. The van der Waals surface area contributed by atoms with E-state index in [2.05, 4.69) is 11.0 Å². The van der Waals surface area contributed by atoms with Crippen molar-refractivity contribution in [1.82, 2.24) is 9.80 Å². The Kier molecular flexibility index (Phi) is 8.21. The van der Waals surface area contributed by atoms with Crippen LogP contribution >= 0.6 is 0 Å². The molecule has 0 aliphatic carbocycles. The highest BCUT2D eigenvalue weighted by Crippen LogP contribution is 2.43. The number of benzene rings is 2. The van der Waals surface area contributed by atoms with Crippen LogP contribution in [0, 0.1) is 0 Å². The first-order valence-corrected chi connectivity index (χ1v) is 12.7. The lowest BCUT2D eigenvalue weighted by Crippen LogP contribution is -2.46. The number of primary amides is 1. The van der Waals surface area contributed by atoms with Gasteiger partial charge in [-0.3, -0.25) is 14.5 Å². The number of aliphatic hydroxyl groups is 2. The second kappa shape index (κ2) is 11.3. The van der Waals surface area contributed by atoms with Crippen molar-refractivity contribution in [2.24, 2.45) is 5.73 Å². The molecule has 4 N–H and O–H groups in total. The summed E-state index contributed by atoms with van der Waals surface area (Å²) in [5, 5.41) is 19.9. The van der Waals surface area contributed by atoms with Crippen molar-refractivity contribution in [3.63, 3.8) is 0 Å². The average Bonchev–Trinajstić information content (AvgIpc) is 3.09. The second-order valence-corrected chi connectivity index (χ2v) is 10.1. The minimum Gasteiger partial charge on any atom is -0.390 e. The highest BCUT2D eigenvalue weighted by Gasteiger charge is 2.40. The normalized spacial score (nSPS) is 23.6. The fraction of sp³-hybridized carbons (Fsp3) is 0.500. The maximum atomic E-state index is 12.9. The summed E-state index contributed by atoms with van der Waals surface area (Å²) in [6, 6.07) is 18.5. The number of nitrogens with zero attached hydrogens (tertiary/aromatic N) is 2. The number of amides is 2. The van der Waals surface area contributed by atoms with Gasteiger partial charge >= 0.3 is 0 Å². The largest absolute Gasteiger partial charge is 0.390 e. The first-order chi connectivity index (χ1) is 16.8. The quantitative estimate of drug-likeness (QED) is 0.486. The molecule has 2 unspecified atom stereocenters. The zero-order valence-electron chi connectivity index (χ0n) is 20.4. The van der Waals surface area contributed by atoms with Gasteiger partial charge in [-0.15, -0.1) is 0 Å². The third-order valence-electron chi connectivity index (χ3n) is 7.61. The van der Waals surface area contributed by atoms with Crippen LogP contribution in [0.3, 0.4) is 0 Å². The average molecular weight is 480 g/mol. The predicted octanol–water partition coefficient (Wildman–Crippen LogP) is 2.66. The SMILES string of the molecule is CC(O)C(O)C(=O)N(CCCN1[C@@H]2CC[C@H]1C[C@@H](c1cccc(C(N)=O)c1)C2)Cc1ccccc1. The third kappa shape index (κ3) is 6.10. The molecule has 2 aromatic rings. The summed E-state index contributed by atoms with van der Waals surface area (Å²) in [6.45, 7) is 3.27. The van der Waals surface area contributed by atoms with Gasteiger partial charge in [0.05, 0.1) is 6.10 Å². The maximum absolute atomic E-state index is 12.9. The van der Waals surface area contributed by atoms with Crippen LogP contribution in [-0.2, 0) is 11.3 Å². The van der Waals surface area contributed by atoms with E-state index in [4.69, 9.17) is 5.73 Å². The topological polar surface area (TPSA) is 107 Å². The van der Waals surface area contributed by atoms with Gasteiger partial charge in [-0.1, -0.05) is 42.5 Å². The summed E-state index contributed by atoms with van der Waals surface area (Å²) in [5.74, 6) is -0.386. The Morgan fingerprint density at radius 1 is 1.06 bits per heavy atom. The molecule has 188 valence electrons. The summed E-state index contributed by atoms with van der Waals surface area (Å²) in [6.07, 6.45) is 2.75. The van der Waals surface area contributed by atoms with Gasteiger partial charge in [0.25, 0.3) is 5.91 Å². The molecule has 2 amide bonds. The molecule has 7 heteroatoms. The molecule has 0 aromatic heterocycles. The molecule has 2 fully saturated rings. The van der Waals surface area contributed by atoms with Gasteiger partial charge in [-0.2, -0.15) is 0 Å². The number of rotatable bonds is 10. The van der Waals surface area contributed by atoms with Crippen LogP contribution in [0.4, 0.5) is 0 Å². The van der Waals surface area contributed by atoms with Crippen molar-refractivity contribution in [1.29, 1.82) is 0 Å². The van der Waals surface area contributed by atoms with Crippen LogP contribution in [0.1, 0.15) is 66.4 Å². The van der Waals surface area contributed by atoms with E-state index in [1.54, 1.807) is 11.0 Å². The van der Waals surface area contributed by atoms with Gasteiger partial charge in [-0.05, 0) is 68.2 Å². The Balaban J connectivity index is 1.36. The number of nitrogens with two attached hydrogens (primary N) is 1. The van der Waals surface area contributed by atoms with E-state index in [1.807, 2.05) is 42.5 Å². The molecule has 2 aliphatic rings. The molecule has 2 aromatic carbocycles. The summed E-state index contributed by atoms with van der Waals surface area (Å²) in [5.41, 5.74) is 8.25. The van der Waals surface area contributed by atoms with Gasteiger partial charge in [0.1, 0.15) is 0 Å². The van der Waals surface area contributed by atoms with Crippen LogP contribution in [0.25, 0.3) is 0 Å². The monoisotopic (exact) mass is 479 g/mol. The minimum absolute atomic E-state index is 0.387. The lowest BCUT2D eigenvalue weighted by Gasteiger charge is -2.39. The summed E-state index contributed by atoms with van der Waals surface area (Å²) in [4.78, 5) is 28.7. The molecule has 2 saturated heterocycles. The van der Waals surface area contributed by atoms with Crippen LogP contribution in [0.5, 0.6) is 0 Å². The van der Waals surface area contributed by atoms with Crippen LogP contribution in [0.2, 0.25) is 0 Å². The molecule has 7 nitrogen and oxygen atoms in total. The fourth-order valence-electron chi connectivity index (χ4n) is 5.77. The Hall–Kier alpha value is -2.74. The summed E-state index contributed by atoms with van der Waals surface area (Å²) >= 11 is 0. The number of carbonyl (C=O) groups is 2. The molecular formula is C28H37N3O4. The number of carbonyl (C=O) groups excluding carboxylic acids is 2. The van der Waals surface area contributed by atoms with E-state index < -0.39 is 18.1 Å². The molecular weight excluding hydrogens is 442 g/mol. The Labute approximate surface area is 207 Å². The number of hydrogen-bond acceptors (Lipinski definition) is 5. The van der Waals surface area contributed by atoms with Gasteiger partial charge in [0.2, 0.25) is 5.91 Å². The zero-order valence-corrected chi connectivity index (χ0v) is 20.4. The van der Waals surface area contributed by atoms with Gasteiger partial charge in [0.15, 0.2) is 6.10 Å². The van der Waals surface area contributed by atoms with Gasteiger partial charge < -0.3 is 20.8 Å². The van der Waals surface area contributed by atoms with Crippen LogP contribution in [0.15, 0.2) is 54.6 Å². The summed E-state index contributed by atoms with van der Waals surface area (Å²) in [7, 11) is 0. The van der Waals surface area contributed by atoms with E-state index in [0.29, 0.717) is 36.7 Å². The lowest BCUT2D eigenvalue weighted by molar-refractivity contribution is -0.146. The smallest absolute Gasteiger partial charge is 0.254 e. The van der Waals surface area contributed by atoms with Crippen molar-refractivity contribution in [3.05, 3.63) is 71.3 Å². The Bertz CT molecular complexity index is 998. The standard InChI is InChI=1S/C28H37N3O4/c1-19(32)26(33)28(35)30(18-20-7-3-2-4-8-20)13-6-14-31-24-11-12-25(31)17-23(16-24)21-9-5-10-22(15-21)27(29)34/h2-5,7-10,15,19,23-26,32-33H,6,11-14,16-18H2,1H3,(H2,29,34)/t19?,23-,24+,25-,26?. The van der Waals surface area contributed by atoms with E-state index in [0.717, 1.165) is 31.4 Å². The molecule has 2 bridgehead atoms. The van der Waals surface area contributed by atoms with Crippen LogP contribution < -0.4 is 5.73 Å². The van der Waals surface area contributed by atoms with Crippen molar-refractivity contribution in [2.75, 3.05) is 13.1 Å². The first kappa shape index (κ1) is 25.4. The molecule has 4 rings (SSSR count). The maximum Gasteiger partial charge on any atom is 0.254 e. The fourth-order valence-corrected chi connectivity index (χ4v) is 5.77. The highest BCUT2D eigenvalue weighted by molar-refractivity contribution is 5.92. The first-order valence-electron chi connectivity index (χ1n) is 12.7. The second-order valence-electron chi connectivity index (χ2n) is 10.1. The Morgan fingerprint density at radius 3 is 2.37 bits per heavy atom. The van der Waals surface area contributed by atoms with E-state index in [1.165, 1.54) is 25.3 Å². The van der Waals surface area contributed by atoms with Crippen LogP contribution in [-0.4, -0.2) is 69.2 Å². The minimum atomic E-state index is -1.41. The Morgan fingerprint density at radius 2 is 1.74 bits per heavy atom. The number of piperidine rings is 1. The molecule has 0 radical (unpaired) electrons. The number of aliphatic hydroxyl groups excluding tert-OH is 2. The lowest BCUT2D eigenvalue weighted by atomic mass is 9.84. The number of fused-ring (bicyclic) bond motifs is 2. The molecule has 35 heavy (non-hydrogen) atoms. The summed E-state index contributed by atoms with van der Waals surface area (Å²) < 4.78 is 0. The zero-order chi connectivity index (χ0) is 24.9. The van der Waals surface area contributed by atoms with E-state index >= 15 is 0 Å². The molecule has 2 aliphatic heterocycles. The molecule has 0 spiro atoms. The van der Waals surface area contributed by atoms with E-state index in [9.17, 15) is 19.8 Å². The molecule has 0 saturated carbocycles. The predicted molar refractivity (Wildman–Crippen MR) is 135 cm³/mol. The molecule has 5 atom stereocenters. The van der Waals surface area contributed by atoms with Crippen molar-refractivity contribution in [2.45, 2.75) is 75.8 Å². The highest BCUT2D eigenvalue weighted by atomic mass is 16.3. The third-order valence-corrected chi connectivity index (χ3v) is 7.61.